The van der Waals surface area contributed by atoms with Crippen molar-refractivity contribution in [3.8, 4) is 0 Å². The zero-order valence-corrected chi connectivity index (χ0v) is 9.49. The Morgan fingerprint density at radius 2 is 2.00 bits per heavy atom. The predicted molar refractivity (Wildman–Crippen MR) is 62.7 cm³/mol. The van der Waals surface area contributed by atoms with Gasteiger partial charge in [-0.2, -0.15) is 0 Å². The topological polar surface area (TPSA) is 9.23 Å². The summed E-state index contributed by atoms with van der Waals surface area (Å²) in [6, 6.07) is 10.5. The van der Waals surface area contributed by atoms with Crippen LogP contribution in [0, 0.1) is 5.92 Å². The minimum atomic E-state index is 0.509. The first-order chi connectivity index (χ1) is 7.40. The fourth-order valence-corrected chi connectivity index (χ4v) is 1.99. The summed E-state index contributed by atoms with van der Waals surface area (Å²) in [7, 11) is 0. The van der Waals surface area contributed by atoms with Gasteiger partial charge in [0.05, 0.1) is 12.7 Å². The van der Waals surface area contributed by atoms with E-state index in [0.29, 0.717) is 6.10 Å². The summed E-state index contributed by atoms with van der Waals surface area (Å²) in [5.74, 6) is 0.855. The fourth-order valence-electron chi connectivity index (χ4n) is 1.99. The molecule has 0 saturated heterocycles. The lowest BCUT2D eigenvalue weighted by Crippen LogP contribution is -2.14. The van der Waals surface area contributed by atoms with Crippen molar-refractivity contribution in [1.29, 1.82) is 0 Å². The van der Waals surface area contributed by atoms with Gasteiger partial charge in [-0.1, -0.05) is 43.7 Å². The molecule has 0 N–H and O–H groups in total. The van der Waals surface area contributed by atoms with Gasteiger partial charge in [-0.3, -0.25) is 0 Å². The number of rotatable bonds is 6. The first kappa shape index (κ1) is 10.7. The van der Waals surface area contributed by atoms with Gasteiger partial charge >= 0.3 is 0 Å². The van der Waals surface area contributed by atoms with E-state index in [9.17, 15) is 0 Å². The summed E-state index contributed by atoms with van der Waals surface area (Å²) in [6.45, 7) is 3.02. The smallest absolute Gasteiger partial charge is 0.0720 e. The van der Waals surface area contributed by atoms with Crippen molar-refractivity contribution in [3.63, 3.8) is 0 Å². The number of hydrogen-bond acceptors (Lipinski definition) is 1. The molecule has 1 heteroatoms. The summed E-state index contributed by atoms with van der Waals surface area (Å²) in [6.07, 6.45) is 5.71. The van der Waals surface area contributed by atoms with Crippen LogP contribution in [0.25, 0.3) is 0 Å². The second kappa shape index (κ2) is 5.32. The molecule has 1 nitrogen and oxygen atoms in total. The molecule has 0 spiro atoms. The molecular weight excluding hydrogens is 184 g/mol. The molecule has 0 bridgehead atoms. The lowest BCUT2D eigenvalue weighted by molar-refractivity contribution is 0.0199. The lowest BCUT2D eigenvalue weighted by atomic mass is 10.1. The Morgan fingerprint density at radius 3 is 2.60 bits per heavy atom. The maximum absolute atomic E-state index is 5.99. The van der Waals surface area contributed by atoms with Crippen molar-refractivity contribution in [2.24, 2.45) is 5.92 Å². The SMILES string of the molecule is CCCC(OCc1ccccc1)C1CC1. The Labute approximate surface area is 92.5 Å². The summed E-state index contributed by atoms with van der Waals surface area (Å²) in [4.78, 5) is 0. The Balaban J connectivity index is 1.80. The largest absolute Gasteiger partial charge is 0.373 e. The molecule has 0 amide bonds. The Morgan fingerprint density at radius 1 is 1.27 bits per heavy atom. The van der Waals surface area contributed by atoms with Gasteiger partial charge in [-0.05, 0) is 30.7 Å². The molecule has 15 heavy (non-hydrogen) atoms. The molecule has 1 aliphatic rings. The maximum Gasteiger partial charge on any atom is 0.0720 e. The third-order valence-corrected chi connectivity index (χ3v) is 3.03. The van der Waals surface area contributed by atoms with Crippen LogP contribution in [0.4, 0.5) is 0 Å². The number of ether oxygens (including phenoxy) is 1. The quantitative estimate of drug-likeness (QED) is 0.685. The molecule has 1 saturated carbocycles. The molecule has 1 aromatic rings. The third kappa shape index (κ3) is 3.35. The molecule has 82 valence electrons. The van der Waals surface area contributed by atoms with Crippen LogP contribution in [0.5, 0.6) is 0 Å². The van der Waals surface area contributed by atoms with E-state index in [1.807, 2.05) is 6.07 Å². The molecular formula is C14H20O. The van der Waals surface area contributed by atoms with Gasteiger partial charge in [0.2, 0.25) is 0 Å². The average Bonchev–Trinajstić information content (AvgIpc) is 3.09. The highest BCUT2D eigenvalue weighted by atomic mass is 16.5. The summed E-state index contributed by atoms with van der Waals surface area (Å²) in [5.41, 5.74) is 1.29. The molecule has 0 aromatic heterocycles. The van der Waals surface area contributed by atoms with Gasteiger partial charge < -0.3 is 4.74 Å². The van der Waals surface area contributed by atoms with E-state index >= 15 is 0 Å². The zero-order valence-electron chi connectivity index (χ0n) is 9.49. The lowest BCUT2D eigenvalue weighted by Gasteiger charge is -2.16. The predicted octanol–water partition coefficient (Wildman–Crippen LogP) is 3.78. The highest BCUT2D eigenvalue weighted by molar-refractivity contribution is 5.13. The highest BCUT2D eigenvalue weighted by Gasteiger charge is 2.31. The molecule has 2 rings (SSSR count). The zero-order chi connectivity index (χ0) is 10.5. The Kier molecular flexibility index (Phi) is 3.79. The van der Waals surface area contributed by atoms with Crippen LogP contribution in [-0.4, -0.2) is 6.10 Å². The van der Waals surface area contributed by atoms with E-state index in [2.05, 4.69) is 31.2 Å². The number of benzene rings is 1. The molecule has 1 fully saturated rings. The van der Waals surface area contributed by atoms with Crippen LogP contribution < -0.4 is 0 Å². The second-order valence-corrected chi connectivity index (χ2v) is 4.46. The van der Waals surface area contributed by atoms with E-state index in [-0.39, 0.29) is 0 Å². The maximum atomic E-state index is 5.99. The van der Waals surface area contributed by atoms with Crippen LogP contribution in [-0.2, 0) is 11.3 Å². The van der Waals surface area contributed by atoms with E-state index in [0.717, 1.165) is 12.5 Å². The van der Waals surface area contributed by atoms with Gasteiger partial charge in [0, 0.05) is 0 Å². The fraction of sp³-hybridized carbons (Fsp3) is 0.571. The van der Waals surface area contributed by atoms with Gasteiger partial charge in [-0.15, -0.1) is 0 Å². The van der Waals surface area contributed by atoms with Crippen LogP contribution >= 0.6 is 0 Å². The minimum absolute atomic E-state index is 0.509. The van der Waals surface area contributed by atoms with Gasteiger partial charge in [0.15, 0.2) is 0 Å². The van der Waals surface area contributed by atoms with E-state index in [1.54, 1.807) is 0 Å². The first-order valence-electron chi connectivity index (χ1n) is 6.05. The summed E-state index contributed by atoms with van der Waals surface area (Å²) >= 11 is 0. The average molecular weight is 204 g/mol. The standard InChI is InChI=1S/C14H20O/c1-2-6-14(13-9-10-13)15-11-12-7-4-3-5-8-12/h3-5,7-8,13-14H,2,6,9-11H2,1H3. The van der Waals surface area contributed by atoms with Crippen LogP contribution in [0.2, 0.25) is 0 Å². The van der Waals surface area contributed by atoms with Crippen LogP contribution in [0.1, 0.15) is 38.2 Å². The van der Waals surface area contributed by atoms with Crippen molar-refractivity contribution in [1.82, 2.24) is 0 Å². The summed E-state index contributed by atoms with van der Waals surface area (Å²) in [5, 5.41) is 0. The monoisotopic (exact) mass is 204 g/mol. The van der Waals surface area contributed by atoms with E-state index in [1.165, 1.54) is 31.2 Å². The second-order valence-electron chi connectivity index (χ2n) is 4.46. The Bertz CT molecular complexity index is 277. The summed E-state index contributed by atoms with van der Waals surface area (Å²) < 4.78 is 5.99. The van der Waals surface area contributed by atoms with Crippen molar-refractivity contribution in [3.05, 3.63) is 35.9 Å². The van der Waals surface area contributed by atoms with Crippen molar-refractivity contribution >= 4 is 0 Å². The molecule has 1 atom stereocenters. The Hall–Kier alpha value is -0.820. The molecule has 1 aliphatic carbocycles. The molecule has 1 aromatic carbocycles. The molecule has 1 unspecified atom stereocenters. The van der Waals surface area contributed by atoms with Crippen molar-refractivity contribution in [2.75, 3.05) is 0 Å². The highest BCUT2D eigenvalue weighted by Crippen LogP contribution is 2.36. The minimum Gasteiger partial charge on any atom is -0.373 e. The molecule has 0 heterocycles. The third-order valence-electron chi connectivity index (χ3n) is 3.03. The van der Waals surface area contributed by atoms with Crippen LogP contribution in [0.3, 0.4) is 0 Å². The van der Waals surface area contributed by atoms with Gasteiger partial charge in [0.25, 0.3) is 0 Å². The normalized spacial score (nSPS) is 17.7. The van der Waals surface area contributed by atoms with E-state index < -0.39 is 0 Å². The van der Waals surface area contributed by atoms with Gasteiger partial charge in [-0.25, -0.2) is 0 Å². The van der Waals surface area contributed by atoms with Crippen LogP contribution in [0.15, 0.2) is 30.3 Å². The molecule has 0 aliphatic heterocycles. The van der Waals surface area contributed by atoms with Crippen molar-refractivity contribution < 1.29 is 4.74 Å². The van der Waals surface area contributed by atoms with E-state index in [4.69, 9.17) is 4.74 Å². The van der Waals surface area contributed by atoms with Crippen molar-refractivity contribution in [2.45, 2.75) is 45.3 Å². The van der Waals surface area contributed by atoms with Gasteiger partial charge in [0.1, 0.15) is 0 Å². The number of hydrogen-bond donors (Lipinski definition) is 0. The first-order valence-corrected chi connectivity index (χ1v) is 6.05. The molecule has 0 radical (unpaired) electrons.